The van der Waals surface area contributed by atoms with E-state index in [1.807, 2.05) is 24.3 Å². The third-order valence-electron chi connectivity index (χ3n) is 5.49. The van der Waals surface area contributed by atoms with Crippen LogP contribution in [0.1, 0.15) is 36.0 Å². The largest absolute Gasteiger partial charge is 0.489 e. The lowest BCUT2D eigenvalue weighted by Gasteiger charge is -2.26. The van der Waals surface area contributed by atoms with Crippen molar-refractivity contribution in [3.63, 3.8) is 0 Å². The predicted molar refractivity (Wildman–Crippen MR) is 92.0 cm³/mol. The van der Waals surface area contributed by atoms with Crippen molar-refractivity contribution >= 4 is 5.97 Å². The highest BCUT2D eigenvalue weighted by molar-refractivity contribution is 5.79. The van der Waals surface area contributed by atoms with E-state index in [2.05, 4.69) is 24.3 Å². The SMILES string of the molecule is COC(=O)C1CC12CCCc1cc(OCc3ccccc3)ccc12. The average molecular weight is 322 g/mol. The molecule has 0 saturated heterocycles. The van der Waals surface area contributed by atoms with E-state index in [4.69, 9.17) is 9.47 Å². The summed E-state index contributed by atoms with van der Waals surface area (Å²) in [4.78, 5) is 11.9. The van der Waals surface area contributed by atoms with Gasteiger partial charge < -0.3 is 9.47 Å². The standard InChI is InChI=1S/C21H22O3/c1-23-20(22)19-13-21(19)11-5-8-16-12-17(9-10-18(16)21)24-14-15-6-3-2-4-7-15/h2-4,6-7,9-10,12,19H,5,8,11,13-14H2,1H3. The van der Waals surface area contributed by atoms with Gasteiger partial charge in [0.25, 0.3) is 0 Å². The molecule has 0 heterocycles. The highest BCUT2D eigenvalue weighted by Crippen LogP contribution is 2.60. The molecule has 124 valence electrons. The van der Waals surface area contributed by atoms with Gasteiger partial charge in [-0.25, -0.2) is 0 Å². The molecule has 0 radical (unpaired) electrons. The number of carbonyl (C=O) groups excluding carboxylic acids is 1. The van der Waals surface area contributed by atoms with Crippen LogP contribution in [0.25, 0.3) is 0 Å². The van der Waals surface area contributed by atoms with Crippen LogP contribution in [0, 0.1) is 5.92 Å². The molecule has 0 N–H and O–H groups in total. The number of rotatable bonds is 4. The van der Waals surface area contributed by atoms with Crippen LogP contribution in [0.2, 0.25) is 0 Å². The second-order valence-electron chi connectivity index (χ2n) is 6.88. The quantitative estimate of drug-likeness (QED) is 0.797. The second kappa shape index (κ2) is 5.97. The van der Waals surface area contributed by atoms with Gasteiger partial charge in [-0.3, -0.25) is 4.79 Å². The molecule has 3 nitrogen and oxygen atoms in total. The minimum Gasteiger partial charge on any atom is -0.489 e. The molecule has 2 aromatic rings. The molecule has 4 rings (SSSR count). The molecule has 2 atom stereocenters. The zero-order chi connectivity index (χ0) is 16.6. The zero-order valence-electron chi connectivity index (χ0n) is 14.0. The van der Waals surface area contributed by atoms with Gasteiger partial charge in [-0.15, -0.1) is 0 Å². The first-order chi connectivity index (χ1) is 11.7. The van der Waals surface area contributed by atoms with E-state index in [1.165, 1.54) is 23.8 Å². The Bertz CT molecular complexity index is 753. The summed E-state index contributed by atoms with van der Waals surface area (Å²) in [6.07, 6.45) is 4.21. The van der Waals surface area contributed by atoms with Crippen molar-refractivity contribution in [2.75, 3.05) is 7.11 Å². The fourth-order valence-electron chi connectivity index (χ4n) is 4.15. The highest BCUT2D eigenvalue weighted by atomic mass is 16.5. The number of hydrogen-bond donors (Lipinski definition) is 0. The van der Waals surface area contributed by atoms with Crippen LogP contribution in [-0.4, -0.2) is 13.1 Å². The van der Waals surface area contributed by atoms with E-state index in [0.717, 1.165) is 31.4 Å². The van der Waals surface area contributed by atoms with Gasteiger partial charge in [-0.1, -0.05) is 36.4 Å². The lowest BCUT2D eigenvalue weighted by atomic mass is 9.78. The second-order valence-corrected chi connectivity index (χ2v) is 6.88. The van der Waals surface area contributed by atoms with Gasteiger partial charge in [0.05, 0.1) is 13.0 Å². The Morgan fingerprint density at radius 2 is 2.04 bits per heavy atom. The maximum atomic E-state index is 11.9. The van der Waals surface area contributed by atoms with E-state index in [1.54, 1.807) is 0 Å². The van der Waals surface area contributed by atoms with E-state index in [9.17, 15) is 4.79 Å². The number of benzene rings is 2. The van der Waals surface area contributed by atoms with E-state index < -0.39 is 0 Å². The highest BCUT2D eigenvalue weighted by Gasteiger charge is 2.60. The summed E-state index contributed by atoms with van der Waals surface area (Å²) in [5.41, 5.74) is 3.85. The lowest BCUT2D eigenvalue weighted by Crippen LogP contribution is -2.22. The van der Waals surface area contributed by atoms with Gasteiger partial charge in [0.15, 0.2) is 0 Å². The third-order valence-corrected chi connectivity index (χ3v) is 5.49. The molecule has 0 amide bonds. The van der Waals surface area contributed by atoms with Crippen LogP contribution >= 0.6 is 0 Å². The molecule has 2 aliphatic rings. The van der Waals surface area contributed by atoms with Crippen molar-refractivity contribution in [2.24, 2.45) is 5.92 Å². The number of fused-ring (bicyclic) bond motifs is 2. The number of esters is 1. The van der Waals surface area contributed by atoms with Crippen LogP contribution in [0.15, 0.2) is 48.5 Å². The summed E-state index contributed by atoms with van der Waals surface area (Å²) in [6.45, 7) is 0.579. The summed E-state index contributed by atoms with van der Waals surface area (Å²) in [7, 11) is 1.48. The van der Waals surface area contributed by atoms with Gasteiger partial charge in [0, 0.05) is 5.41 Å². The van der Waals surface area contributed by atoms with Crippen LogP contribution < -0.4 is 4.74 Å². The molecule has 2 aliphatic carbocycles. The Morgan fingerprint density at radius 1 is 1.21 bits per heavy atom. The molecule has 1 spiro atoms. The number of aryl methyl sites for hydroxylation is 1. The monoisotopic (exact) mass is 322 g/mol. The zero-order valence-corrected chi connectivity index (χ0v) is 14.0. The maximum absolute atomic E-state index is 11.9. The summed E-state index contributed by atoms with van der Waals surface area (Å²) < 4.78 is 10.9. The summed E-state index contributed by atoms with van der Waals surface area (Å²) >= 11 is 0. The Morgan fingerprint density at radius 3 is 2.83 bits per heavy atom. The van der Waals surface area contributed by atoms with Crippen molar-refractivity contribution in [3.8, 4) is 5.75 Å². The van der Waals surface area contributed by atoms with Crippen molar-refractivity contribution in [1.29, 1.82) is 0 Å². The van der Waals surface area contributed by atoms with E-state index in [-0.39, 0.29) is 17.3 Å². The van der Waals surface area contributed by atoms with Crippen LogP contribution in [0.3, 0.4) is 0 Å². The predicted octanol–water partition coefficient (Wildman–Crippen LogP) is 4.03. The van der Waals surface area contributed by atoms with Crippen molar-refractivity contribution in [3.05, 3.63) is 65.2 Å². The molecule has 0 aliphatic heterocycles. The fraction of sp³-hybridized carbons (Fsp3) is 0.381. The minimum absolute atomic E-state index is 0.0264. The lowest BCUT2D eigenvalue weighted by molar-refractivity contribution is -0.142. The van der Waals surface area contributed by atoms with Crippen molar-refractivity contribution < 1.29 is 14.3 Å². The Hall–Kier alpha value is -2.29. The molecule has 3 heteroatoms. The molecule has 1 saturated carbocycles. The minimum atomic E-state index is -0.0627. The normalized spacial score (nSPS) is 24.3. The van der Waals surface area contributed by atoms with Crippen LogP contribution in [-0.2, 0) is 28.0 Å². The van der Waals surface area contributed by atoms with Gasteiger partial charge >= 0.3 is 5.97 Å². The summed E-state index contributed by atoms with van der Waals surface area (Å²) in [6, 6.07) is 16.6. The van der Waals surface area contributed by atoms with Crippen LogP contribution in [0.5, 0.6) is 5.75 Å². The molecule has 2 aromatic carbocycles. The molecule has 2 unspecified atom stereocenters. The molecule has 1 fully saturated rings. The van der Waals surface area contributed by atoms with Gasteiger partial charge in [-0.05, 0) is 54.5 Å². The fourth-order valence-corrected chi connectivity index (χ4v) is 4.15. The smallest absolute Gasteiger partial charge is 0.309 e. The van der Waals surface area contributed by atoms with Gasteiger partial charge in [0.2, 0.25) is 0 Å². The molecular formula is C21H22O3. The third kappa shape index (κ3) is 2.58. The molecule has 0 aromatic heterocycles. The topological polar surface area (TPSA) is 35.5 Å². The van der Waals surface area contributed by atoms with Gasteiger partial charge in [-0.2, -0.15) is 0 Å². The Balaban J connectivity index is 1.52. The number of carbonyl (C=O) groups is 1. The van der Waals surface area contributed by atoms with Crippen LogP contribution in [0.4, 0.5) is 0 Å². The molecular weight excluding hydrogens is 300 g/mol. The number of ether oxygens (including phenoxy) is 2. The summed E-state index contributed by atoms with van der Waals surface area (Å²) in [5.74, 6) is 0.884. The average Bonchev–Trinajstić information content (AvgIpc) is 3.35. The first-order valence-corrected chi connectivity index (χ1v) is 8.61. The number of methoxy groups -OCH3 is 1. The summed E-state index contributed by atoms with van der Waals surface area (Å²) in [5, 5.41) is 0. The Labute approximate surface area is 142 Å². The van der Waals surface area contributed by atoms with Crippen molar-refractivity contribution in [1.82, 2.24) is 0 Å². The van der Waals surface area contributed by atoms with Gasteiger partial charge in [0.1, 0.15) is 12.4 Å². The number of hydrogen-bond acceptors (Lipinski definition) is 3. The first kappa shape index (κ1) is 15.3. The first-order valence-electron chi connectivity index (χ1n) is 8.61. The van der Waals surface area contributed by atoms with E-state index in [0.29, 0.717) is 6.61 Å². The van der Waals surface area contributed by atoms with E-state index >= 15 is 0 Å². The van der Waals surface area contributed by atoms with Crippen molar-refractivity contribution in [2.45, 2.75) is 37.7 Å². The molecule has 24 heavy (non-hydrogen) atoms. The maximum Gasteiger partial charge on any atom is 0.309 e. The Kier molecular flexibility index (Phi) is 3.79. The molecule has 0 bridgehead atoms.